The van der Waals surface area contributed by atoms with Crippen LogP contribution in [0.5, 0.6) is 11.5 Å². The van der Waals surface area contributed by atoms with Gasteiger partial charge in [-0.25, -0.2) is 29.9 Å². The van der Waals surface area contributed by atoms with Crippen LogP contribution >= 0.6 is 0 Å². The summed E-state index contributed by atoms with van der Waals surface area (Å²) in [4.78, 5) is 64.5. The Balaban J connectivity index is 0.000000218. The summed E-state index contributed by atoms with van der Waals surface area (Å²) >= 11 is 0. The normalized spacial score (nSPS) is 10.2. The van der Waals surface area contributed by atoms with E-state index in [0.717, 1.165) is 42.7 Å². The van der Waals surface area contributed by atoms with Gasteiger partial charge >= 0.3 is 0 Å². The Morgan fingerprint density at radius 2 is 1.17 bits per heavy atom. The Bertz CT molecular complexity index is 2570. The van der Waals surface area contributed by atoms with Gasteiger partial charge in [-0.05, 0) is 50.6 Å². The van der Waals surface area contributed by atoms with Gasteiger partial charge in [0.1, 0.15) is 28.6 Å². The summed E-state index contributed by atoms with van der Waals surface area (Å²) < 4.78 is 10.6. The number of terminal acetylenes is 1. The lowest BCUT2D eigenvalue weighted by Crippen LogP contribution is -2.26. The number of rotatable bonds is 19. The number of hydrogen-bond acceptors (Lipinski definition) is 14. The average Bonchev–Trinajstić information content (AvgIpc) is 3.35. The van der Waals surface area contributed by atoms with Crippen LogP contribution in [0.4, 0.5) is 17.8 Å². The standard InChI is InChI=1S/C18H24N4O.C17H22N4O3.C14H12N4O/c1-3-4-5-9-12-22(2)18-20-15(13-16(21-18)17(19)23)14-10-7-6-8-11-14;1-5-21(6-2)17-19-13(10-14(20-17)16(18)22)12-8-7-11(23-3)9-15(12)24-4;1-2-8-16-14-17-11(9-12(18-14)13(15)19)10-6-4-3-5-7-10/h6-8,10-11,13H,3-5,9,12H2,1-2H3,(H2,19,23);7-10H,5-6H2,1-4H3,(H2,18,22);1,3-7,9H,8H2,(H2,15,19)(H,16,17,18). The molecule has 0 bridgehead atoms. The molecule has 0 spiro atoms. The van der Waals surface area contributed by atoms with E-state index in [9.17, 15) is 14.4 Å². The average molecular weight is 895 g/mol. The van der Waals surface area contributed by atoms with Gasteiger partial charge in [0.2, 0.25) is 17.8 Å². The van der Waals surface area contributed by atoms with Crippen LogP contribution in [0.3, 0.4) is 0 Å². The van der Waals surface area contributed by atoms with Crippen molar-refractivity contribution < 1.29 is 23.9 Å². The highest BCUT2D eigenvalue weighted by Gasteiger charge is 2.18. The van der Waals surface area contributed by atoms with Crippen molar-refractivity contribution >= 4 is 35.6 Å². The van der Waals surface area contributed by atoms with Gasteiger partial charge < -0.3 is 41.8 Å². The highest BCUT2D eigenvalue weighted by Crippen LogP contribution is 2.33. The van der Waals surface area contributed by atoms with Crippen LogP contribution in [-0.2, 0) is 0 Å². The van der Waals surface area contributed by atoms with E-state index in [1.165, 1.54) is 19.3 Å². The lowest BCUT2D eigenvalue weighted by atomic mass is 10.1. The molecule has 0 saturated heterocycles. The number of benzene rings is 3. The highest BCUT2D eigenvalue weighted by molar-refractivity contribution is 5.93. The molecule has 0 unspecified atom stereocenters. The molecule has 0 aliphatic rings. The number of primary amides is 3. The summed E-state index contributed by atoms with van der Waals surface area (Å²) in [5.74, 6) is 3.22. The zero-order chi connectivity index (χ0) is 48.0. The maximum Gasteiger partial charge on any atom is 0.267 e. The monoisotopic (exact) mass is 894 g/mol. The Kier molecular flexibility index (Phi) is 19.8. The highest BCUT2D eigenvalue weighted by atomic mass is 16.5. The zero-order valence-corrected chi connectivity index (χ0v) is 38.3. The summed E-state index contributed by atoms with van der Waals surface area (Å²) in [7, 11) is 5.10. The smallest absolute Gasteiger partial charge is 0.267 e. The second kappa shape index (κ2) is 25.8. The molecule has 344 valence electrons. The number of aromatic nitrogens is 6. The predicted molar refractivity (Wildman–Crippen MR) is 259 cm³/mol. The molecule has 3 aromatic heterocycles. The Labute approximate surface area is 386 Å². The molecule has 0 aliphatic carbocycles. The topological polar surface area (TPSA) is 244 Å². The Hall–Kier alpha value is -8.13. The van der Waals surface area contributed by atoms with Crippen LogP contribution in [0.25, 0.3) is 33.8 Å². The fourth-order valence-corrected chi connectivity index (χ4v) is 6.26. The maximum atomic E-state index is 11.7. The lowest BCUT2D eigenvalue weighted by Gasteiger charge is -2.20. The first-order chi connectivity index (χ1) is 31.8. The third kappa shape index (κ3) is 14.7. The molecule has 6 aromatic rings. The number of ether oxygens (including phenoxy) is 2. The van der Waals surface area contributed by atoms with Crippen LogP contribution in [0.15, 0.2) is 97.1 Å². The molecular formula is C49H58N12O5. The number of nitrogens with zero attached hydrogens (tertiary/aromatic N) is 8. The molecular weight excluding hydrogens is 837 g/mol. The van der Waals surface area contributed by atoms with E-state index in [-0.39, 0.29) is 29.6 Å². The van der Waals surface area contributed by atoms with Crippen molar-refractivity contribution in [2.24, 2.45) is 17.2 Å². The summed E-state index contributed by atoms with van der Waals surface area (Å²) in [5, 5.41) is 2.83. The van der Waals surface area contributed by atoms with Crippen molar-refractivity contribution in [2.75, 3.05) is 62.6 Å². The van der Waals surface area contributed by atoms with Gasteiger partial charge in [0.05, 0.1) is 37.8 Å². The minimum Gasteiger partial charge on any atom is -0.497 e. The number of amides is 3. The fourth-order valence-electron chi connectivity index (χ4n) is 6.26. The van der Waals surface area contributed by atoms with Crippen LogP contribution in [0, 0.1) is 12.3 Å². The van der Waals surface area contributed by atoms with Gasteiger partial charge in [-0.2, -0.15) is 0 Å². The molecule has 0 atom stereocenters. The van der Waals surface area contributed by atoms with Gasteiger partial charge in [-0.1, -0.05) is 92.8 Å². The third-order valence-electron chi connectivity index (χ3n) is 9.82. The molecule has 66 heavy (non-hydrogen) atoms. The molecule has 7 N–H and O–H groups in total. The molecule has 17 heteroatoms. The predicted octanol–water partition coefficient (Wildman–Crippen LogP) is 6.65. The van der Waals surface area contributed by atoms with E-state index >= 15 is 0 Å². The first-order valence-corrected chi connectivity index (χ1v) is 21.4. The number of methoxy groups -OCH3 is 2. The minimum absolute atomic E-state index is 0.147. The van der Waals surface area contributed by atoms with E-state index in [2.05, 4.69) is 48.1 Å². The molecule has 3 aromatic carbocycles. The van der Waals surface area contributed by atoms with E-state index < -0.39 is 17.7 Å². The number of hydrogen-bond donors (Lipinski definition) is 4. The van der Waals surface area contributed by atoms with Crippen molar-refractivity contribution in [3.05, 3.63) is 114 Å². The van der Waals surface area contributed by atoms with Crippen molar-refractivity contribution in [2.45, 2.75) is 46.5 Å². The maximum absolute atomic E-state index is 11.7. The second-order valence-corrected chi connectivity index (χ2v) is 14.4. The first-order valence-electron chi connectivity index (χ1n) is 21.4. The molecule has 6 rings (SSSR count). The quantitative estimate of drug-likeness (QED) is 0.0491. The Morgan fingerprint density at radius 3 is 1.68 bits per heavy atom. The number of unbranched alkanes of at least 4 members (excludes halogenated alkanes) is 3. The van der Waals surface area contributed by atoms with Crippen molar-refractivity contribution in [1.29, 1.82) is 0 Å². The third-order valence-corrected chi connectivity index (χ3v) is 9.82. The molecule has 0 aliphatic heterocycles. The van der Waals surface area contributed by atoms with E-state index in [1.54, 1.807) is 44.6 Å². The number of carbonyl (C=O) groups excluding carboxylic acids is 3. The first kappa shape index (κ1) is 50.5. The molecule has 0 fully saturated rings. The van der Waals surface area contributed by atoms with Crippen molar-refractivity contribution in [3.63, 3.8) is 0 Å². The minimum atomic E-state index is -0.608. The lowest BCUT2D eigenvalue weighted by molar-refractivity contribution is 0.0987. The molecule has 3 heterocycles. The largest absolute Gasteiger partial charge is 0.497 e. The van der Waals surface area contributed by atoms with Crippen molar-refractivity contribution in [1.82, 2.24) is 29.9 Å². The molecule has 3 amide bonds. The van der Waals surface area contributed by atoms with E-state index in [0.29, 0.717) is 40.5 Å². The molecule has 0 saturated carbocycles. The second-order valence-electron chi connectivity index (χ2n) is 14.4. The molecule has 0 radical (unpaired) electrons. The number of nitrogens with one attached hydrogen (secondary N) is 1. The van der Waals surface area contributed by atoms with Crippen LogP contribution < -0.4 is 41.8 Å². The summed E-state index contributed by atoms with van der Waals surface area (Å²) in [6.45, 7) is 8.76. The van der Waals surface area contributed by atoms with Crippen molar-refractivity contribution in [3.8, 4) is 57.6 Å². The van der Waals surface area contributed by atoms with Gasteiger partial charge in [0.15, 0.2) is 0 Å². The van der Waals surface area contributed by atoms with E-state index in [1.807, 2.05) is 97.4 Å². The Morgan fingerprint density at radius 1 is 0.636 bits per heavy atom. The number of carbonyl (C=O) groups is 3. The summed E-state index contributed by atoms with van der Waals surface area (Å²) in [5.41, 5.74) is 21.1. The fraction of sp³-hybridized carbons (Fsp3) is 0.286. The van der Waals surface area contributed by atoms with Crippen LogP contribution in [0.2, 0.25) is 0 Å². The van der Waals surface area contributed by atoms with Gasteiger partial charge in [0.25, 0.3) is 17.7 Å². The van der Waals surface area contributed by atoms with E-state index in [4.69, 9.17) is 33.1 Å². The van der Waals surface area contributed by atoms with Gasteiger partial charge in [0, 0.05) is 49.4 Å². The van der Waals surface area contributed by atoms with Crippen LogP contribution in [-0.4, -0.2) is 95.1 Å². The summed E-state index contributed by atoms with van der Waals surface area (Å²) in [6, 6.07) is 29.3. The van der Waals surface area contributed by atoms with Crippen LogP contribution in [0.1, 0.15) is 77.9 Å². The molecule has 17 nitrogen and oxygen atoms in total. The summed E-state index contributed by atoms with van der Waals surface area (Å²) in [6.07, 6.45) is 9.86. The van der Waals surface area contributed by atoms with Gasteiger partial charge in [-0.15, -0.1) is 6.42 Å². The number of nitrogens with two attached hydrogens (primary N) is 3. The van der Waals surface area contributed by atoms with Gasteiger partial charge in [-0.3, -0.25) is 14.4 Å². The number of anilines is 3. The zero-order valence-electron chi connectivity index (χ0n) is 38.3. The SMILES string of the molecule is C#CCNc1nc(C(N)=O)cc(-c2ccccc2)n1.CCCCCCN(C)c1nc(C(N)=O)cc(-c2ccccc2)n1.CCN(CC)c1nc(C(N)=O)cc(-c2ccc(OC)cc2OC)n1.